The van der Waals surface area contributed by atoms with Gasteiger partial charge < -0.3 is 15.4 Å². The number of ether oxygens (including phenoxy) is 1. The van der Waals surface area contributed by atoms with Crippen LogP contribution in [-0.4, -0.2) is 47.7 Å². The minimum atomic E-state index is 0.492. The maximum atomic E-state index is 5.46. The van der Waals surface area contributed by atoms with Crippen molar-refractivity contribution in [1.82, 2.24) is 9.97 Å². The molecule has 2 N–H and O–H groups in total. The van der Waals surface area contributed by atoms with Crippen molar-refractivity contribution in [2.24, 2.45) is 5.73 Å². The Morgan fingerprint density at radius 3 is 2.88 bits per heavy atom. The van der Waals surface area contributed by atoms with Gasteiger partial charge in [0.1, 0.15) is 18.2 Å². The number of nitrogens with zero attached hydrogens (tertiary/aromatic N) is 3. The predicted octanol–water partition coefficient (Wildman–Crippen LogP) is 0.676. The van der Waals surface area contributed by atoms with Crippen molar-refractivity contribution in [3.63, 3.8) is 0 Å². The maximum Gasteiger partial charge on any atom is 0.218 e. The molecule has 0 amide bonds. The molecule has 0 bridgehead atoms. The van der Waals surface area contributed by atoms with Crippen LogP contribution in [0.5, 0.6) is 5.88 Å². The Kier molecular flexibility index (Phi) is 4.44. The van der Waals surface area contributed by atoms with Crippen LogP contribution in [0.4, 0.5) is 5.82 Å². The second kappa shape index (κ2) is 6.07. The fourth-order valence-electron chi connectivity index (χ4n) is 1.72. The zero-order valence-corrected chi connectivity index (χ0v) is 10.9. The van der Waals surface area contributed by atoms with Gasteiger partial charge in [0, 0.05) is 37.2 Å². The van der Waals surface area contributed by atoms with Gasteiger partial charge in [-0.1, -0.05) is 0 Å². The number of aromatic nitrogens is 2. The van der Waals surface area contributed by atoms with Gasteiger partial charge in [0.25, 0.3) is 0 Å². The van der Waals surface area contributed by atoms with E-state index < -0.39 is 0 Å². The van der Waals surface area contributed by atoms with Gasteiger partial charge in [-0.15, -0.1) is 0 Å². The normalized spacial score (nSPS) is 16.0. The van der Waals surface area contributed by atoms with Crippen molar-refractivity contribution in [3.05, 3.63) is 11.9 Å². The molecule has 94 valence electrons. The Hall–Kier alpha value is -1.01. The molecule has 1 aliphatic rings. The SMILES string of the molecule is Cc1nc(OCCN)cc(N2CCSCC2)n1. The van der Waals surface area contributed by atoms with Crippen LogP contribution in [0.15, 0.2) is 6.07 Å². The Morgan fingerprint density at radius 2 is 2.18 bits per heavy atom. The zero-order valence-electron chi connectivity index (χ0n) is 10.1. The van der Waals surface area contributed by atoms with Crippen LogP contribution in [-0.2, 0) is 0 Å². The van der Waals surface area contributed by atoms with Gasteiger partial charge in [-0.25, -0.2) is 4.98 Å². The van der Waals surface area contributed by atoms with E-state index in [9.17, 15) is 0 Å². The van der Waals surface area contributed by atoms with Crippen LogP contribution in [0.25, 0.3) is 0 Å². The monoisotopic (exact) mass is 254 g/mol. The minimum absolute atomic E-state index is 0.492. The minimum Gasteiger partial charge on any atom is -0.476 e. The summed E-state index contributed by atoms with van der Waals surface area (Å²) in [5, 5.41) is 0. The number of hydrogen-bond donors (Lipinski definition) is 1. The third kappa shape index (κ3) is 3.47. The molecule has 2 heterocycles. The first-order valence-corrected chi connectivity index (χ1v) is 6.96. The lowest BCUT2D eigenvalue weighted by atomic mass is 10.4. The molecule has 2 rings (SSSR count). The van der Waals surface area contributed by atoms with Crippen LogP contribution in [0, 0.1) is 6.92 Å². The number of thioether (sulfide) groups is 1. The standard InChI is InChI=1S/C11H18N4OS/c1-9-13-10(15-3-6-17-7-4-15)8-11(14-9)16-5-2-12/h8H,2-7,12H2,1H3. The molecule has 1 aliphatic heterocycles. The van der Waals surface area contributed by atoms with Gasteiger partial charge in [-0.3, -0.25) is 0 Å². The van der Waals surface area contributed by atoms with Crippen molar-refractivity contribution in [2.45, 2.75) is 6.92 Å². The summed E-state index contributed by atoms with van der Waals surface area (Å²) in [6.45, 7) is 4.96. The highest BCUT2D eigenvalue weighted by Gasteiger charge is 2.14. The number of nitrogens with two attached hydrogens (primary N) is 1. The van der Waals surface area contributed by atoms with Crippen molar-refractivity contribution in [3.8, 4) is 5.88 Å². The molecule has 0 saturated carbocycles. The number of hydrogen-bond acceptors (Lipinski definition) is 6. The van der Waals surface area contributed by atoms with E-state index in [1.165, 1.54) is 0 Å². The highest BCUT2D eigenvalue weighted by Crippen LogP contribution is 2.20. The molecule has 0 atom stereocenters. The van der Waals surface area contributed by atoms with E-state index in [4.69, 9.17) is 10.5 Å². The molecule has 0 radical (unpaired) electrons. The van der Waals surface area contributed by atoms with E-state index in [0.717, 1.165) is 36.2 Å². The summed E-state index contributed by atoms with van der Waals surface area (Å²) < 4.78 is 5.46. The fourth-order valence-corrected chi connectivity index (χ4v) is 2.62. The molecule has 0 spiro atoms. The molecular formula is C11H18N4OS. The van der Waals surface area contributed by atoms with E-state index >= 15 is 0 Å². The molecule has 1 aromatic heterocycles. The average Bonchev–Trinajstić information content (AvgIpc) is 2.37. The zero-order chi connectivity index (χ0) is 12.1. The van der Waals surface area contributed by atoms with Gasteiger partial charge in [-0.2, -0.15) is 16.7 Å². The van der Waals surface area contributed by atoms with Crippen molar-refractivity contribution in [2.75, 3.05) is 42.6 Å². The third-order valence-corrected chi connectivity index (χ3v) is 3.45. The van der Waals surface area contributed by atoms with Gasteiger partial charge in [-0.05, 0) is 6.92 Å². The summed E-state index contributed by atoms with van der Waals surface area (Å²) in [6, 6.07) is 1.90. The lowest BCUT2D eigenvalue weighted by Gasteiger charge is -2.27. The van der Waals surface area contributed by atoms with Crippen molar-refractivity contribution >= 4 is 17.6 Å². The molecular weight excluding hydrogens is 236 g/mol. The molecule has 1 fully saturated rings. The number of aryl methyl sites for hydroxylation is 1. The molecule has 0 unspecified atom stereocenters. The van der Waals surface area contributed by atoms with E-state index in [1.807, 2.05) is 24.8 Å². The topological polar surface area (TPSA) is 64.3 Å². The summed E-state index contributed by atoms with van der Waals surface area (Å²) in [4.78, 5) is 11.0. The van der Waals surface area contributed by atoms with E-state index in [1.54, 1.807) is 0 Å². The molecule has 5 nitrogen and oxygen atoms in total. The van der Waals surface area contributed by atoms with Crippen molar-refractivity contribution < 1.29 is 4.74 Å². The summed E-state index contributed by atoms with van der Waals surface area (Å²) in [6.07, 6.45) is 0. The average molecular weight is 254 g/mol. The molecule has 6 heteroatoms. The predicted molar refractivity (Wildman–Crippen MR) is 70.9 cm³/mol. The number of anilines is 1. The summed E-state index contributed by atoms with van der Waals surface area (Å²) in [5.41, 5.74) is 5.41. The van der Waals surface area contributed by atoms with Crippen LogP contribution in [0.1, 0.15) is 5.82 Å². The molecule has 1 aromatic rings. The summed E-state index contributed by atoms with van der Waals surface area (Å²) in [5.74, 6) is 4.64. The molecule has 0 aliphatic carbocycles. The van der Waals surface area contributed by atoms with Gasteiger partial charge in [0.15, 0.2) is 0 Å². The highest BCUT2D eigenvalue weighted by molar-refractivity contribution is 7.99. The quantitative estimate of drug-likeness (QED) is 0.852. The summed E-state index contributed by atoms with van der Waals surface area (Å²) in [7, 11) is 0. The largest absolute Gasteiger partial charge is 0.476 e. The van der Waals surface area contributed by atoms with Crippen LogP contribution in [0.3, 0.4) is 0 Å². The molecule has 0 aromatic carbocycles. The second-order valence-corrected chi connectivity index (χ2v) is 5.07. The van der Waals surface area contributed by atoms with E-state index in [-0.39, 0.29) is 0 Å². The Labute approximate surface area is 106 Å². The Balaban J connectivity index is 2.12. The van der Waals surface area contributed by atoms with Crippen LogP contribution < -0.4 is 15.4 Å². The smallest absolute Gasteiger partial charge is 0.218 e. The third-order valence-electron chi connectivity index (χ3n) is 2.50. The van der Waals surface area contributed by atoms with Gasteiger partial charge in [0.05, 0.1) is 0 Å². The van der Waals surface area contributed by atoms with E-state index in [0.29, 0.717) is 19.0 Å². The number of rotatable bonds is 4. The molecule has 17 heavy (non-hydrogen) atoms. The summed E-state index contributed by atoms with van der Waals surface area (Å²) >= 11 is 1.98. The first kappa shape index (κ1) is 12.4. The highest BCUT2D eigenvalue weighted by atomic mass is 32.2. The Morgan fingerprint density at radius 1 is 1.41 bits per heavy atom. The molecule has 1 saturated heterocycles. The second-order valence-electron chi connectivity index (χ2n) is 3.85. The van der Waals surface area contributed by atoms with Crippen LogP contribution in [0.2, 0.25) is 0 Å². The first-order valence-electron chi connectivity index (χ1n) is 5.81. The first-order chi connectivity index (χ1) is 8.29. The van der Waals surface area contributed by atoms with Gasteiger partial charge >= 0.3 is 0 Å². The Bertz CT molecular complexity index is 368. The fraction of sp³-hybridized carbons (Fsp3) is 0.636. The maximum absolute atomic E-state index is 5.46. The van der Waals surface area contributed by atoms with Crippen LogP contribution >= 0.6 is 11.8 Å². The van der Waals surface area contributed by atoms with Crippen molar-refractivity contribution in [1.29, 1.82) is 0 Å². The lowest BCUT2D eigenvalue weighted by molar-refractivity contribution is 0.314. The van der Waals surface area contributed by atoms with Gasteiger partial charge in [0.2, 0.25) is 5.88 Å². The van der Waals surface area contributed by atoms with E-state index in [2.05, 4.69) is 14.9 Å². The lowest BCUT2D eigenvalue weighted by Crippen LogP contribution is -2.33.